The van der Waals surface area contributed by atoms with Crippen LogP contribution in [0.25, 0.3) is 10.2 Å². The van der Waals surface area contributed by atoms with Gasteiger partial charge in [-0.15, -0.1) is 11.3 Å². The Kier molecular flexibility index (Phi) is 5.65. The molecule has 0 bridgehead atoms. The number of phenolic OH excluding ortho intramolecular Hbond substituents is 1. The molecule has 3 aromatic rings. The highest BCUT2D eigenvalue weighted by atomic mass is 32.1. The maximum atomic E-state index is 13.0. The molecule has 0 atom stereocenters. The zero-order valence-electron chi connectivity index (χ0n) is 16.1. The van der Waals surface area contributed by atoms with Crippen LogP contribution in [0.1, 0.15) is 5.56 Å². The molecular weight excluding hydrogens is 441 g/mol. The Morgan fingerprint density at radius 2 is 1.68 bits per heavy atom. The maximum absolute atomic E-state index is 13.0. The minimum atomic E-state index is -5.77. The van der Waals surface area contributed by atoms with Gasteiger partial charge in [0, 0.05) is 44.5 Å². The molecule has 2 aromatic carbocycles. The first-order chi connectivity index (χ1) is 14.6. The number of phenols is 1. The average molecular weight is 459 g/mol. The molecule has 166 valence electrons. The van der Waals surface area contributed by atoms with Crippen LogP contribution in [0.3, 0.4) is 0 Å². The summed E-state index contributed by atoms with van der Waals surface area (Å²) in [6.45, 7) is 3.44. The normalized spacial score (nSPS) is 16.1. The molecule has 4 rings (SSSR count). The molecule has 1 aliphatic heterocycles. The van der Waals surface area contributed by atoms with Gasteiger partial charge in [0.05, 0.1) is 10.2 Å². The van der Waals surface area contributed by atoms with Crippen LogP contribution >= 0.6 is 11.3 Å². The van der Waals surface area contributed by atoms with E-state index in [-0.39, 0.29) is 5.75 Å². The van der Waals surface area contributed by atoms with Crippen LogP contribution in [0, 0.1) is 0 Å². The number of aromatic nitrogens is 1. The molecular formula is C20H18F5N3O2S. The summed E-state index contributed by atoms with van der Waals surface area (Å²) < 4.78 is 67.4. The van der Waals surface area contributed by atoms with Crippen molar-refractivity contribution in [2.24, 2.45) is 0 Å². The molecule has 31 heavy (non-hydrogen) atoms. The Morgan fingerprint density at radius 1 is 1.00 bits per heavy atom. The monoisotopic (exact) mass is 459 g/mol. The molecule has 11 heteroatoms. The van der Waals surface area contributed by atoms with E-state index in [9.17, 15) is 27.1 Å². The van der Waals surface area contributed by atoms with Crippen LogP contribution in [0.2, 0.25) is 0 Å². The van der Waals surface area contributed by atoms with Crippen molar-refractivity contribution in [2.75, 3.05) is 31.1 Å². The lowest BCUT2D eigenvalue weighted by Crippen LogP contribution is -2.45. The first kappa shape index (κ1) is 21.6. The van der Waals surface area contributed by atoms with Gasteiger partial charge < -0.3 is 14.7 Å². The Labute approximate surface area is 178 Å². The molecule has 1 aliphatic rings. The summed E-state index contributed by atoms with van der Waals surface area (Å²) in [6, 6.07) is 8.87. The predicted octanol–water partition coefficient (Wildman–Crippen LogP) is 4.86. The van der Waals surface area contributed by atoms with Crippen molar-refractivity contribution in [1.82, 2.24) is 9.88 Å². The fraction of sp³-hybridized carbons (Fsp3) is 0.350. The molecule has 0 aliphatic carbocycles. The van der Waals surface area contributed by atoms with Crippen molar-refractivity contribution < 1.29 is 31.8 Å². The number of thiazole rings is 1. The molecule has 2 heterocycles. The molecule has 1 saturated heterocycles. The standard InChI is InChI=1S/C20H18F5N3O2S/c21-19(22,23)20(24,25)30-15-3-1-13(2-4-15)11-27-5-7-28(8-6-27)14-9-16(29)18-17(10-14)31-12-26-18/h1-4,9-10,12,29H,5-8,11H2. The van der Waals surface area contributed by atoms with Gasteiger partial charge >= 0.3 is 12.3 Å². The summed E-state index contributed by atoms with van der Waals surface area (Å²) in [5.74, 6) is -0.399. The fourth-order valence-corrected chi connectivity index (χ4v) is 4.14. The molecule has 0 unspecified atom stereocenters. The van der Waals surface area contributed by atoms with E-state index in [4.69, 9.17) is 0 Å². The maximum Gasteiger partial charge on any atom is 0.499 e. The van der Waals surface area contributed by atoms with Gasteiger partial charge in [-0.25, -0.2) is 4.98 Å². The van der Waals surface area contributed by atoms with Gasteiger partial charge in [-0.2, -0.15) is 22.0 Å². The Bertz CT molecular complexity index is 1050. The van der Waals surface area contributed by atoms with Crippen molar-refractivity contribution >= 4 is 27.2 Å². The zero-order valence-corrected chi connectivity index (χ0v) is 16.9. The van der Waals surface area contributed by atoms with Crippen molar-refractivity contribution in [1.29, 1.82) is 0 Å². The van der Waals surface area contributed by atoms with Crippen molar-refractivity contribution in [3.05, 3.63) is 47.5 Å². The number of aromatic hydroxyl groups is 1. The van der Waals surface area contributed by atoms with E-state index in [1.165, 1.54) is 23.5 Å². The summed E-state index contributed by atoms with van der Waals surface area (Å²) in [5, 5.41) is 10.1. The van der Waals surface area contributed by atoms with Gasteiger partial charge in [0.1, 0.15) is 17.0 Å². The van der Waals surface area contributed by atoms with E-state index >= 15 is 0 Å². The van der Waals surface area contributed by atoms with E-state index in [0.717, 1.165) is 54.3 Å². The van der Waals surface area contributed by atoms with Crippen LogP contribution in [0.5, 0.6) is 11.5 Å². The third kappa shape index (κ3) is 4.67. The number of ether oxygens (including phenoxy) is 1. The second-order valence-electron chi connectivity index (χ2n) is 7.19. The minimum Gasteiger partial charge on any atom is -0.506 e. The topological polar surface area (TPSA) is 48.8 Å². The van der Waals surface area contributed by atoms with Gasteiger partial charge in [0.2, 0.25) is 0 Å². The largest absolute Gasteiger partial charge is 0.506 e. The summed E-state index contributed by atoms with van der Waals surface area (Å²) in [5.41, 5.74) is 3.97. The lowest BCUT2D eigenvalue weighted by Gasteiger charge is -2.36. The van der Waals surface area contributed by atoms with Crippen LogP contribution in [-0.2, 0) is 6.54 Å². The lowest BCUT2D eigenvalue weighted by molar-refractivity contribution is -0.360. The molecule has 1 N–H and O–H groups in total. The number of benzene rings is 2. The summed E-state index contributed by atoms with van der Waals surface area (Å²) in [6.07, 6.45) is -11.0. The summed E-state index contributed by atoms with van der Waals surface area (Å²) >= 11 is 1.46. The highest BCUT2D eigenvalue weighted by molar-refractivity contribution is 7.16. The number of fused-ring (bicyclic) bond motifs is 1. The molecule has 1 fully saturated rings. The first-order valence-corrected chi connectivity index (χ1v) is 10.3. The lowest BCUT2D eigenvalue weighted by atomic mass is 10.1. The summed E-state index contributed by atoms with van der Waals surface area (Å²) in [7, 11) is 0. The zero-order chi connectivity index (χ0) is 22.2. The Balaban J connectivity index is 1.33. The number of halogens is 5. The first-order valence-electron chi connectivity index (χ1n) is 9.38. The van der Waals surface area contributed by atoms with E-state index in [1.54, 1.807) is 11.6 Å². The van der Waals surface area contributed by atoms with Crippen LogP contribution in [0.4, 0.5) is 27.6 Å². The Hall–Kier alpha value is -2.66. The molecule has 0 saturated carbocycles. The van der Waals surface area contributed by atoms with E-state index in [1.807, 2.05) is 6.07 Å². The number of hydrogen-bond donors (Lipinski definition) is 1. The number of nitrogens with zero attached hydrogens (tertiary/aromatic N) is 3. The second kappa shape index (κ2) is 8.12. The van der Waals surface area contributed by atoms with Crippen molar-refractivity contribution in [3.63, 3.8) is 0 Å². The smallest absolute Gasteiger partial charge is 0.499 e. The number of piperazine rings is 1. The highest BCUT2D eigenvalue weighted by Gasteiger charge is 2.61. The van der Waals surface area contributed by atoms with Gasteiger partial charge in [-0.05, 0) is 23.8 Å². The van der Waals surface area contributed by atoms with Gasteiger partial charge in [0.15, 0.2) is 0 Å². The summed E-state index contributed by atoms with van der Waals surface area (Å²) in [4.78, 5) is 8.45. The third-order valence-electron chi connectivity index (χ3n) is 5.04. The van der Waals surface area contributed by atoms with Gasteiger partial charge in [-0.1, -0.05) is 12.1 Å². The number of alkyl halides is 5. The molecule has 1 aromatic heterocycles. The SMILES string of the molecule is Oc1cc(N2CCN(Cc3ccc(OC(F)(F)C(F)(F)F)cc3)CC2)cc2scnc12. The highest BCUT2D eigenvalue weighted by Crippen LogP contribution is 2.37. The van der Waals surface area contributed by atoms with Crippen LogP contribution < -0.4 is 9.64 Å². The van der Waals surface area contributed by atoms with E-state index < -0.39 is 18.0 Å². The predicted molar refractivity (Wildman–Crippen MR) is 107 cm³/mol. The second-order valence-corrected chi connectivity index (χ2v) is 8.07. The average Bonchev–Trinajstić information content (AvgIpc) is 3.18. The van der Waals surface area contributed by atoms with Gasteiger partial charge in [0.25, 0.3) is 0 Å². The quantitative estimate of drug-likeness (QED) is 0.553. The number of rotatable bonds is 5. The molecule has 0 amide bonds. The van der Waals surface area contributed by atoms with Crippen molar-refractivity contribution in [2.45, 2.75) is 18.8 Å². The third-order valence-corrected chi connectivity index (χ3v) is 5.82. The van der Waals surface area contributed by atoms with E-state index in [0.29, 0.717) is 12.1 Å². The molecule has 5 nitrogen and oxygen atoms in total. The van der Waals surface area contributed by atoms with E-state index in [2.05, 4.69) is 19.5 Å². The van der Waals surface area contributed by atoms with Crippen LogP contribution in [-0.4, -0.2) is 53.5 Å². The molecule has 0 spiro atoms. The minimum absolute atomic E-state index is 0.148. The number of anilines is 1. The van der Waals surface area contributed by atoms with Crippen LogP contribution in [0.15, 0.2) is 41.9 Å². The fourth-order valence-electron chi connectivity index (χ4n) is 3.41. The molecule has 0 radical (unpaired) electrons. The van der Waals surface area contributed by atoms with Gasteiger partial charge in [-0.3, -0.25) is 4.90 Å². The van der Waals surface area contributed by atoms with Crippen molar-refractivity contribution in [3.8, 4) is 11.5 Å². The Morgan fingerprint density at radius 3 is 2.32 bits per heavy atom. The number of hydrogen-bond acceptors (Lipinski definition) is 6.